The number of amides is 1. The number of aromatic nitrogens is 3. The third-order valence-corrected chi connectivity index (χ3v) is 5.78. The topological polar surface area (TPSA) is 86.6 Å². The van der Waals surface area contributed by atoms with Gasteiger partial charge < -0.3 is 20.9 Å². The molecule has 4 rings (SSSR count). The van der Waals surface area contributed by atoms with Crippen LogP contribution in [-0.4, -0.2) is 52.7 Å². The molecule has 8 heteroatoms. The summed E-state index contributed by atoms with van der Waals surface area (Å²) in [5.74, 6) is 0.424. The molecule has 158 valence electrons. The predicted octanol–water partition coefficient (Wildman–Crippen LogP) is 2.80. The van der Waals surface area contributed by atoms with E-state index in [1.807, 2.05) is 28.9 Å². The van der Waals surface area contributed by atoms with Gasteiger partial charge in [-0.3, -0.25) is 4.79 Å². The predicted molar refractivity (Wildman–Crippen MR) is 120 cm³/mol. The lowest BCUT2D eigenvalue weighted by Gasteiger charge is -2.41. The largest absolute Gasteiger partial charge is 0.368 e. The molecule has 3 aromatic rings. The zero-order chi connectivity index (χ0) is 21.1. The molecule has 0 unspecified atom stereocenters. The van der Waals surface area contributed by atoms with Gasteiger partial charge in [-0.1, -0.05) is 6.92 Å². The van der Waals surface area contributed by atoms with Gasteiger partial charge in [-0.15, -0.1) is 5.10 Å². The summed E-state index contributed by atoms with van der Waals surface area (Å²) in [6.45, 7) is 7.44. The third-order valence-electron chi connectivity index (χ3n) is 5.78. The lowest BCUT2D eigenvalue weighted by atomic mass is 9.89. The molecule has 1 fully saturated rings. The lowest BCUT2D eigenvalue weighted by molar-refractivity contribution is 0.0963. The molecule has 0 spiro atoms. The minimum absolute atomic E-state index is 0.108. The van der Waals surface area contributed by atoms with Gasteiger partial charge in [0, 0.05) is 43.1 Å². The van der Waals surface area contributed by atoms with E-state index in [1.54, 1.807) is 19.2 Å². The molecule has 0 bridgehead atoms. The number of anilines is 3. The highest BCUT2D eigenvalue weighted by Gasteiger charge is 2.30. The first kappa shape index (κ1) is 20.2. The van der Waals surface area contributed by atoms with E-state index in [2.05, 4.69) is 45.9 Å². The van der Waals surface area contributed by atoms with E-state index in [1.165, 1.54) is 0 Å². The molecule has 3 heterocycles. The van der Waals surface area contributed by atoms with Gasteiger partial charge in [0.25, 0.3) is 5.91 Å². The number of fused-ring (bicyclic) bond motifs is 1. The van der Waals surface area contributed by atoms with Crippen LogP contribution in [0.4, 0.5) is 17.3 Å². The standard InChI is InChI=1S/C22H29N7O/c1-4-24-22(2)11-14-28(15-12-22)18-6-5-13-29-19(18)26-21(27-29)25-17-9-7-16(8-10-17)20(30)23-3/h5-10,13,24H,4,11-12,14-15H2,1-3H3,(H,23,30)(H,25,27). The highest BCUT2D eigenvalue weighted by molar-refractivity contribution is 5.94. The highest BCUT2D eigenvalue weighted by Crippen LogP contribution is 2.29. The van der Waals surface area contributed by atoms with Gasteiger partial charge >= 0.3 is 0 Å². The Morgan fingerprint density at radius 2 is 1.90 bits per heavy atom. The minimum Gasteiger partial charge on any atom is -0.368 e. The van der Waals surface area contributed by atoms with Crippen molar-refractivity contribution in [2.24, 2.45) is 0 Å². The number of nitrogens with zero attached hydrogens (tertiary/aromatic N) is 4. The van der Waals surface area contributed by atoms with Gasteiger partial charge in [-0.25, -0.2) is 4.52 Å². The zero-order valence-corrected chi connectivity index (χ0v) is 17.8. The maximum absolute atomic E-state index is 11.7. The van der Waals surface area contributed by atoms with Crippen molar-refractivity contribution in [3.63, 3.8) is 0 Å². The number of hydrogen-bond donors (Lipinski definition) is 3. The Morgan fingerprint density at radius 1 is 1.17 bits per heavy atom. The lowest BCUT2D eigenvalue weighted by Crippen LogP contribution is -2.51. The van der Waals surface area contributed by atoms with Crippen LogP contribution in [0.15, 0.2) is 42.6 Å². The monoisotopic (exact) mass is 407 g/mol. The van der Waals surface area contributed by atoms with Crippen LogP contribution < -0.4 is 20.9 Å². The van der Waals surface area contributed by atoms with E-state index >= 15 is 0 Å². The van der Waals surface area contributed by atoms with Crippen LogP contribution in [0.3, 0.4) is 0 Å². The number of hydrogen-bond acceptors (Lipinski definition) is 6. The van der Waals surface area contributed by atoms with Crippen molar-refractivity contribution in [1.82, 2.24) is 25.2 Å². The smallest absolute Gasteiger partial charge is 0.251 e. The van der Waals surface area contributed by atoms with Crippen molar-refractivity contribution in [1.29, 1.82) is 0 Å². The van der Waals surface area contributed by atoms with E-state index < -0.39 is 0 Å². The van der Waals surface area contributed by atoms with Gasteiger partial charge in [0.05, 0.1) is 5.69 Å². The van der Waals surface area contributed by atoms with Crippen molar-refractivity contribution < 1.29 is 4.79 Å². The van der Waals surface area contributed by atoms with Gasteiger partial charge in [0.2, 0.25) is 5.95 Å². The second kappa shape index (κ2) is 8.31. The molecule has 30 heavy (non-hydrogen) atoms. The Morgan fingerprint density at radius 3 is 2.57 bits per heavy atom. The van der Waals surface area contributed by atoms with Crippen molar-refractivity contribution >= 4 is 28.9 Å². The van der Waals surface area contributed by atoms with E-state index in [-0.39, 0.29) is 11.4 Å². The van der Waals surface area contributed by atoms with Gasteiger partial charge in [0.15, 0.2) is 5.65 Å². The van der Waals surface area contributed by atoms with Crippen molar-refractivity contribution in [3.05, 3.63) is 48.2 Å². The molecule has 1 aromatic carbocycles. The molecule has 0 aliphatic carbocycles. The van der Waals surface area contributed by atoms with Crippen LogP contribution in [0.5, 0.6) is 0 Å². The van der Waals surface area contributed by atoms with Gasteiger partial charge in [0.1, 0.15) is 0 Å². The van der Waals surface area contributed by atoms with Crippen molar-refractivity contribution in [3.8, 4) is 0 Å². The average Bonchev–Trinajstić information content (AvgIpc) is 3.17. The molecule has 0 atom stereocenters. The summed E-state index contributed by atoms with van der Waals surface area (Å²) < 4.78 is 1.81. The third kappa shape index (κ3) is 4.09. The summed E-state index contributed by atoms with van der Waals surface area (Å²) in [7, 11) is 1.62. The number of carbonyl (C=O) groups excluding carboxylic acids is 1. The maximum atomic E-state index is 11.7. The molecule has 1 amide bonds. The normalized spacial score (nSPS) is 15.9. The van der Waals surface area contributed by atoms with Crippen LogP contribution in [-0.2, 0) is 0 Å². The Balaban J connectivity index is 1.52. The Kier molecular flexibility index (Phi) is 5.59. The Labute approximate surface area is 176 Å². The first-order valence-electron chi connectivity index (χ1n) is 10.5. The highest BCUT2D eigenvalue weighted by atomic mass is 16.1. The van der Waals surface area contributed by atoms with Gasteiger partial charge in [-0.05, 0) is 62.7 Å². The van der Waals surface area contributed by atoms with E-state index in [0.717, 1.165) is 49.5 Å². The van der Waals surface area contributed by atoms with Crippen molar-refractivity contribution in [2.75, 3.05) is 36.9 Å². The second-order valence-corrected chi connectivity index (χ2v) is 7.96. The average molecular weight is 408 g/mol. The molecule has 0 saturated carbocycles. The molecule has 1 saturated heterocycles. The summed E-state index contributed by atoms with van der Waals surface area (Å²) >= 11 is 0. The Hall–Kier alpha value is -3.13. The number of benzene rings is 1. The van der Waals surface area contributed by atoms with Crippen LogP contribution >= 0.6 is 0 Å². The molecule has 1 aliphatic heterocycles. The molecule has 3 N–H and O–H groups in total. The number of nitrogens with one attached hydrogen (secondary N) is 3. The van der Waals surface area contributed by atoms with Crippen LogP contribution in [0.25, 0.3) is 5.65 Å². The number of piperidine rings is 1. The summed E-state index contributed by atoms with van der Waals surface area (Å²) in [6, 6.07) is 11.4. The van der Waals surface area contributed by atoms with Crippen LogP contribution in [0.1, 0.15) is 37.0 Å². The Bertz CT molecular complexity index is 1020. The molecule has 0 radical (unpaired) electrons. The second-order valence-electron chi connectivity index (χ2n) is 7.96. The fourth-order valence-corrected chi connectivity index (χ4v) is 4.01. The van der Waals surface area contributed by atoms with E-state index in [0.29, 0.717) is 11.5 Å². The molecule has 2 aromatic heterocycles. The minimum atomic E-state index is -0.108. The number of pyridine rings is 1. The summed E-state index contributed by atoms with van der Waals surface area (Å²) in [6.07, 6.45) is 4.11. The fourth-order valence-electron chi connectivity index (χ4n) is 4.01. The van der Waals surface area contributed by atoms with Crippen LogP contribution in [0, 0.1) is 0 Å². The first-order chi connectivity index (χ1) is 14.5. The summed E-state index contributed by atoms with van der Waals surface area (Å²) in [5.41, 5.74) is 3.60. The first-order valence-corrected chi connectivity index (χ1v) is 10.5. The SMILES string of the molecule is CCNC1(C)CCN(c2cccn3nc(Nc4ccc(C(=O)NC)cc4)nc23)CC1. The number of rotatable bonds is 6. The van der Waals surface area contributed by atoms with Gasteiger partial charge in [-0.2, -0.15) is 4.98 Å². The van der Waals surface area contributed by atoms with E-state index in [4.69, 9.17) is 4.98 Å². The number of carbonyl (C=O) groups is 1. The van der Waals surface area contributed by atoms with Crippen molar-refractivity contribution in [2.45, 2.75) is 32.2 Å². The molecule has 1 aliphatic rings. The molecular weight excluding hydrogens is 378 g/mol. The zero-order valence-electron chi connectivity index (χ0n) is 17.8. The van der Waals surface area contributed by atoms with E-state index in [9.17, 15) is 4.79 Å². The summed E-state index contributed by atoms with van der Waals surface area (Å²) in [4.78, 5) is 18.8. The van der Waals surface area contributed by atoms with Crippen LogP contribution in [0.2, 0.25) is 0 Å². The summed E-state index contributed by atoms with van der Waals surface area (Å²) in [5, 5.41) is 14.0. The quantitative estimate of drug-likeness (QED) is 0.583. The maximum Gasteiger partial charge on any atom is 0.251 e. The fraction of sp³-hybridized carbons (Fsp3) is 0.409. The molecular formula is C22H29N7O. The molecule has 8 nitrogen and oxygen atoms in total.